The summed E-state index contributed by atoms with van der Waals surface area (Å²) in [5.74, 6) is 0.478. The SMILES string of the molecule is Cc1nnc(N2CCC(Cn3cnc(-c4ccncc4)cc3=O)CC2)s1. The first-order valence-electron chi connectivity index (χ1n) is 8.71. The van der Waals surface area contributed by atoms with Crippen LogP contribution in [0.4, 0.5) is 5.13 Å². The monoisotopic (exact) mass is 368 g/mol. The van der Waals surface area contributed by atoms with Crippen molar-refractivity contribution in [1.82, 2.24) is 24.7 Å². The molecule has 4 heterocycles. The molecular formula is C18H20N6OS. The Morgan fingerprint density at radius 3 is 2.62 bits per heavy atom. The number of pyridine rings is 1. The molecule has 134 valence electrons. The van der Waals surface area contributed by atoms with Gasteiger partial charge in [0.25, 0.3) is 5.56 Å². The average molecular weight is 368 g/mol. The molecule has 26 heavy (non-hydrogen) atoms. The van der Waals surface area contributed by atoms with Crippen LogP contribution < -0.4 is 10.5 Å². The molecule has 7 nitrogen and oxygen atoms in total. The smallest absolute Gasteiger partial charge is 0.253 e. The Morgan fingerprint density at radius 1 is 1.19 bits per heavy atom. The third-order valence-electron chi connectivity index (χ3n) is 4.71. The molecule has 3 aromatic rings. The Bertz CT molecular complexity index is 930. The fraction of sp³-hybridized carbons (Fsp3) is 0.389. The van der Waals surface area contributed by atoms with Gasteiger partial charge in [-0.25, -0.2) is 4.98 Å². The minimum Gasteiger partial charge on any atom is -0.347 e. The van der Waals surface area contributed by atoms with Gasteiger partial charge in [-0.2, -0.15) is 0 Å². The van der Waals surface area contributed by atoms with Crippen molar-refractivity contribution in [1.29, 1.82) is 0 Å². The molecule has 1 fully saturated rings. The van der Waals surface area contributed by atoms with Crippen molar-refractivity contribution in [2.45, 2.75) is 26.3 Å². The molecule has 0 saturated carbocycles. The maximum Gasteiger partial charge on any atom is 0.253 e. The average Bonchev–Trinajstić information content (AvgIpc) is 3.11. The van der Waals surface area contributed by atoms with Crippen LogP contribution >= 0.6 is 11.3 Å². The van der Waals surface area contributed by atoms with E-state index < -0.39 is 0 Å². The number of hydrogen-bond donors (Lipinski definition) is 0. The first kappa shape index (κ1) is 16.8. The van der Waals surface area contributed by atoms with Crippen LogP contribution in [-0.2, 0) is 6.54 Å². The van der Waals surface area contributed by atoms with Gasteiger partial charge in [0.15, 0.2) is 0 Å². The lowest BCUT2D eigenvalue weighted by molar-refractivity contribution is 0.351. The van der Waals surface area contributed by atoms with Crippen LogP contribution in [0.5, 0.6) is 0 Å². The third-order valence-corrected chi connectivity index (χ3v) is 5.61. The van der Waals surface area contributed by atoms with E-state index in [0.717, 1.165) is 41.6 Å². The summed E-state index contributed by atoms with van der Waals surface area (Å²) in [6, 6.07) is 5.32. The summed E-state index contributed by atoms with van der Waals surface area (Å²) in [4.78, 5) is 23.2. The van der Waals surface area contributed by atoms with E-state index in [1.807, 2.05) is 19.1 Å². The fourth-order valence-corrected chi connectivity index (χ4v) is 3.98. The van der Waals surface area contributed by atoms with Crippen LogP contribution in [0.25, 0.3) is 11.3 Å². The predicted octanol–water partition coefficient (Wildman–Crippen LogP) is 2.38. The normalized spacial score (nSPS) is 15.3. The van der Waals surface area contributed by atoms with Gasteiger partial charge in [-0.05, 0) is 37.8 Å². The lowest BCUT2D eigenvalue weighted by Crippen LogP contribution is -2.36. The largest absolute Gasteiger partial charge is 0.347 e. The first-order valence-corrected chi connectivity index (χ1v) is 9.52. The summed E-state index contributed by atoms with van der Waals surface area (Å²) in [5.41, 5.74) is 1.59. The highest BCUT2D eigenvalue weighted by Gasteiger charge is 2.22. The van der Waals surface area contributed by atoms with E-state index in [0.29, 0.717) is 18.2 Å². The zero-order chi connectivity index (χ0) is 17.9. The molecule has 1 aliphatic rings. The van der Waals surface area contributed by atoms with E-state index >= 15 is 0 Å². The molecule has 0 aromatic carbocycles. The summed E-state index contributed by atoms with van der Waals surface area (Å²) in [6.45, 7) is 4.60. The maximum absolute atomic E-state index is 12.5. The molecule has 1 saturated heterocycles. The zero-order valence-electron chi connectivity index (χ0n) is 14.6. The van der Waals surface area contributed by atoms with Crippen LogP contribution in [0.2, 0.25) is 0 Å². The van der Waals surface area contributed by atoms with Gasteiger partial charge in [0, 0.05) is 43.7 Å². The number of hydrogen-bond acceptors (Lipinski definition) is 7. The van der Waals surface area contributed by atoms with Crippen molar-refractivity contribution in [3.63, 3.8) is 0 Å². The lowest BCUT2D eigenvalue weighted by Gasteiger charge is -2.31. The summed E-state index contributed by atoms with van der Waals surface area (Å²) in [6.07, 6.45) is 7.15. The second-order valence-electron chi connectivity index (χ2n) is 6.53. The fourth-order valence-electron chi connectivity index (χ4n) is 3.24. The van der Waals surface area contributed by atoms with Crippen LogP contribution in [-0.4, -0.2) is 37.8 Å². The van der Waals surface area contributed by atoms with Crippen molar-refractivity contribution in [3.8, 4) is 11.3 Å². The molecule has 3 aromatic heterocycles. The molecule has 8 heteroatoms. The van der Waals surface area contributed by atoms with Crippen LogP contribution in [0.1, 0.15) is 17.8 Å². The summed E-state index contributed by atoms with van der Waals surface area (Å²) < 4.78 is 1.72. The Balaban J connectivity index is 1.40. The molecule has 4 rings (SSSR count). The van der Waals surface area contributed by atoms with Gasteiger partial charge in [0.05, 0.1) is 12.0 Å². The highest BCUT2D eigenvalue weighted by Crippen LogP contribution is 2.26. The molecule has 0 radical (unpaired) electrons. The summed E-state index contributed by atoms with van der Waals surface area (Å²) in [5, 5.41) is 10.3. The van der Waals surface area contributed by atoms with Gasteiger partial charge in [-0.3, -0.25) is 14.3 Å². The van der Waals surface area contributed by atoms with E-state index in [9.17, 15) is 4.79 Å². The van der Waals surface area contributed by atoms with Gasteiger partial charge >= 0.3 is 0 Å². The van der Waals surface area contributed by atoms with Crippen molar-refractivity contribution in [2.24, 2.45) is 5.92 Å². The Morgan fingerprint density at radius 2 is 1.96 bits per heavy atom. The second kappa shape index (κ2) is 7.33. The van der Waals surface area contributed by atoms with E-state index in [-0.39, 0.29) is 5.56 Å². The molecule has 0 bridgehead atoms. The third kappa shape index (κ3) is 3.65. The molecule has 0 atom stereocenters. The van der Waals surface area contributed by atoms with Gasteiger partial charge in [0.1, 0.15) is 5.01 Å². The first-order chi connectivity index (χ1) is 12.7. The quantitative estimate of drug-likeness (QED) is 0.704. The van der Waals surface area contributed by atoms with E-state index in [4.69, 9.17) is 0 Å². The minimum atomic E-state index is -0.00556. The highest BCUT2D eigenvalue weighted by molar-refractivity contribution is 7.15. The molecule has 0 aliphatic carbocycles. The summed E-state index contributed by atoms with van der Waals surface area (Å²) in [7, 11) is 0. The van der Waals surface area contributed by atoms with Crippen molar-refractivity contribution >= 4 is 16.5 Å². The van der Waals surface area contributed by atoms with E-state index in [1.54, 1.807) is 40.7 Å². The van der Waals surface area contributed by atoms with E-state index in [2.05, 4.69) is 25.1 Å². The Hall–Kier alpha value is -2.61. The molecular weight excluding hydrogens is 348 g/mol. The summed E-state index contributed by atoms with van der Waals surface area (Å²) >= 11 is 1.64. The van der Waals surface area contributed by atoms with Gasteiger partial charge in [0.2, 0.25) is 5.13 Å². The van der Waals surface area contributed by atoms with Crippen LogP contribution in [0.3, 0.4) is 0 Å². The Labute approximate surface area is 155 Å². The standard InChI is InChI=1S/C18H20N6OS/c1-13-21-22-18(26-13)23-8-4-14(5-9-23)11-24-12-20-16(10-17(24)25)15-2-6-19-7-3-15/h2-3,6-7,10,12,14H,4-5,8-9,11H2,1H3. The molecule has 0 N–H and O–H groups in total. The number of piperidine rings is 1. The zero-order valence-corrected chi connectivity index (χ0v) is 15.4. The predicted molar refractivity (Wildman–Crippen MR) is 101 cm³/mol. The molecule has 0 unspecified atom stereocenters. The number of aryl methyl sites for hydroxylation is 1. The van der Waals surface area contributed by atoms with Crippen LogP contribution in [0.15, 0.2) is 41.7 Å². The second-order valence-corrected chi connectivity index (χ2v) is 7.69. The van der Waals surface area contributed by atoms with Gasteiger partial charge < -0.3 is 4.90 Å². The van der Waals surface area contributed by atoms with Crippen molar-refractivity contribution in [3.05, 3.63) is 52.3 Å². The van der Waals surface area contributed by atoms with E-state index in [1.165, 1.54) is 0 Å². The molecule has 0 spiro atoms. The number of aromatic nitrogens is 5. The number of anilines is 1. The van der Waals surface area contributed by atoms with Crippen molar-refractivity contribution in [2.75, 3.05) is 18.0 Å². The molecule has 0 amide bonds. The minimum absolute atomic E-state index is 0.00556. The number of nitrogens with zero attached hydrogens (tertiary/aromatic N) is 6. The number of rotatable bonds is 4. The van der Waals surface area contributed by atoms with Gasteiger partial charge in [-0.1, -0.05) is 11.3 Å². The van der Waals surface area contributed by atoms with Crippen molar-refractivity contribution < 1.29 is 0 Å². The van der Waals surface area contributed by atoms with Crippen LogP contribution in [0, 0.1) is 12.8 Å². The topological polar surface area (TPSA) is 76.8 Å². The Kier molecular flexibility index (Phi) is 4.75. The maximum atomic E-state index is 12.5. The lowest BCUT2D eigenvalue weighted by atomic mass is 9.97. The molecule has 1 aliphatic heterocycles. The van der Waals surface area contributed by atoms with Gasteiger partial charge in [-0.15, -0.1) is 10.2 Å². The highest BCUT2D eigenvalue weighted by atomic mass is 32.1.